The van der Waals surface area contributed by atoms with E-state index in [1.165, 1.54) is 0 Å². The van der Waals surface area contributed by atoms with Gasteiger partial charge >= 0.3 is 0 Å². The van der Waals surface area contributed by atoms with E-state index in [1.54, 1.807) is 0 Å². The highest BCUT2D eigenvalue weighted by atomic mass is 16.5. The minimum atomic E-state index is -0.507. The Morgan fingerprint density at radius 1 is 1.56 bits per heavy atom. The van der Waals surface area contributed by atoms with E-state index >= 15 is 0 Å². The van der Waals surface area contributed by atoms with Crippen LogP contribution in [0.5, 0.6) is 5.75 Å². The number of rotatable bonds is 5. The quantitative estimate of drug-likeness (QED) is 0.774. The number of hydrogen-bond donors (Lipinski definition) is 2. The van der Waals surface area contributed by atoms with Gasteiger partial charge in [0.25, 0.3) is 0 Å². The first kappa shape index (κ1) is 12.9. The van der Waals surface area contributed by atoms with Crippen LogP contribution in [0, 0.1) is 0 Å². The molecule has 1 unspecified atom stereocenters. The Hall–Kier alpha value is -1.52. The highest BCUT2D eigenvalue weighted by Crippen LogP contribution is 2.34. The molecule has 0 radical (unpaired) electrons. The van der Waals surface area contributed by atoms with Gasteiger partial charge in [-0.1, -0.05) is 12.1 Å². The lowest BCUT2D eigenvalue weighted by atomic mass is 10.0. The van der Waals surface area contributed by atoms with Crippen LogP contribution in [-0.2, 0) is 0 Å². The van der Waals surface area contributed by atoms with Crippen molar-refractivity contribution in [2.75, 3.05) is 31.1 Å². The second-order valence-corrected chi connectivity index (χ2v) is 4.40. The SMILES string of the molecule is C=CCN1CCOc2ccc(C(O)CCN)cc21. The Morgan fingerprint density at radius 3 is 3.11 bits per heavy atom. The van der Waals surface area contributed by atoms with Crippen LogP contribution in [0.25, 0.3) is 0 Å². The summed E-state index contributed by atoms with van der Waals surface area (Å²) < 4.78 is 5.61. The molecule has 4 nitrogen and oxygen atoms in total. The Morgan fingerprint density at radius 2 is 2.39 bits per heavy atom. The topological polar surface area (TPSA) is 58.7 Å². The van der Waals surface area contributed by atoms with Gasteiger partial charge in [-0.3, -0.25) is 0 Å². The highest BCUT2D eigenvalue weighted by molar-refractivity contribution is 5.62. The van der Waals surface area contributed by atoms with Crippen molar-refractivity contribution in [1.82, 2.24) is 0 Å². The number of ether oxygens (including phenoxy) is 1. The molecule has 1 aromatic rings. The van der Waals surface area contributed by atoms with Gasteiger partial charge in [0, 0.05) is 6.54 Å². The summed E-state index contributed by atoms with van der Waals surface area (Å²) in [5.74, 6) is 0.867. The van der Waals surface area contributed by atoms with Gasteiger partial charge in [0.2, 0.25) is 0 Å². The molecule has 1 aromatic carbocycles. The number of nitrogens with two attached hydrogens (primary N) is 1. The zero-order valence-electron chi connectivity index (χ0n) is 10.5. The lowest BCUT2D eigenvalue weighted by molar-refractivity contribution is 0.170. The normalized spacial score (nSPS) is 15.8. The molecule has 0 spiro atoms. The fraction of sp³-hybridized carbons (Fsp3) is 0.429. The maximum absolute atomic E-state index is 9.98. The molecule has 0 amide bonds. The lowest BCUT2D eigenvalue weighted by Crippen LogP contribution is -2.32. The predicted octanol–water partition coefficient (Wildman–Crippen LogP) is 1.45. The minimum absolute atomic E-state index is 0.477. The van der Waals surface area contributed by atoms with Crippen LogP contribution in [0.2, 0.25) is 0 Å². The first-order chi connectivity index (χ1) is 8.76. The van der Waals surface area contributed by atoms with Crippen molar-refractivity contribution in [3.63, 3.8) is 0 Å². The summed E-state index contributed by atoms with van der Waals surface area (Å²) in [5.41, 5.74) is 7.38. The van der Waals surface area contributed by atoms with Crippen molar-refractivity contribution in [2.24, 2.45) is 5.73 Å². The standard InChI is InChI=1S/C14H20N2O2/c1-2-7-16-8-9-18-14-4-3-11(10-12(14)16)13(17)5-6-15/h2-4,10,13,17H,1,5-9,15H2. The zero-order chi connectivity index (χ0) is 13.0. The summed E-state index contributed by atoms with van der Waals surface area (Å²) in [6.45, 7) is 6.56. The first-order valence-corrected chi connectivity index (χ1v) is 6.27. The Balaban J connectivity index is 2.27. The molecule has 1 aliphatic heterocycles. The van der Waals surface area contributed by atoms with E-state index in [4.69, 9.17) is 10.5 Å². The summed E-state index contributed by atoms with van der Waals surface area (Å²) >= 11 is 0. The molecular formula is C14H20N2O2. The van der Waals surface area contributed by atoms with Crippen LogP contribution in [0.15, 0.2) is 30.9 Å². The van der Waals surface area contributed by atoms with Crippen LogP contribution < -0.4 is 15.4 Å². The number of benzene rings is 1. The maximum atomic E-state index is 9.98. The largest absolute Gasteiger partial charge is 0.490 e. The van der Waals surface area contributed by atoms with Crippen molar-refractivity contribution in [1.29, 1.82) is 0 Å². The summed E-state index contributed by atoms with van der Waals surface area (Å²) in [6, 6.07) is 5.80. The fourth-order valence-electron chi connectivity index (χ4n) is 2.17. The number of hydrogen-bond acceptors (Lipinski definition) is 4. The molecular weight excluding hydrogens is 228 g/mol. The van der Waals surface area contributed by atoms with E-state index in [9.17, 15) is 5.11 Å². The molecule has 4 heteroatoms. The van der Waals surface area contributed by atoms with Crippen LogP contribution in [0.4, 0.5) is 5.69 Å². The van der Waals surface area contributed by atoms with Gasteiger partial charge in [-0.25, -0.2) is 0 Å². The van der Waals surface area contributed by atoms with Crippen LogP contribution in [0.3, 0.4) is 0 Å². The van der Waals surface area contributed by atoms with Gasteiger partial charge in [0.1, 0.15) is 12.4 Å². The van der Waals surface area contributed by atoms with E-state index in [0.717, 1.165) is 30.1 Å². The third-order valence-electron chi connectivity index (χ3n) is 3.12. The molecule has 0 saturated carbocycles. The van der Waals surface area contributed by atoms with Gasteiger partial charge in [0.15, 0.2) is 0 Å². The molecule has 0 fully saturated rings. The van der Waals surface area contributed by atoms with Crippen molar-refractivity contribution >= 4 is 5.69 Å². The van der Waals surface area contributed by atoms with Crippen molar-refractivity contribution in [2.45, 2.75) is 12.5 Å². The zero-order valence-corrected chi connectivity index (χ0v) is 10.5. The summed E-state index contributed by atoms with van der Waals surface area (Å²) in [4.78, 5) is 2.20. The third kappa shape index (κ3) is 2.66. The summed E-state index contributed by atoms with van der Waals surface area (Å²) in [6.07, 6.45) is 1.94. The molecule has 0 bridgehead atoms. The molecule has 18 heavy (non-hydrogen) atoms. The van der Waals surface area contributed by atoms with Crippen molar-refractivity contribution < 1.29 is 9.84 Å². The van der Waals surface area contributed by atoms with Crippen LogP contribution in [0.1, 0.15) is 18.1 Å². The number of aliphatic hydroxyl groups is 1. The van der Waals surface area contributed by atoms with E-state index < -0.39 is 6.10 Å². The molecule has 1 heterocycles. The van der Waals surface area contributed by atoms with E-state index in [1.807, 2.05) is 24.3 Å². The predicted molar refractivity (Wildman–Crippen MR) is 73.0 cm³/mol. The fourth-order valence-corrected chi connectivity index (χ4v) is 2.17. The number of anilines is 1. The number of nitrogens with zero attached hydrogens (tertiary/aromatic N) is 1. The third-order valence-corrected chi connectivity index (χ3v) is 3.12. The second-order valence-electron chi connectivity index (χ2n) is 4.40. The molecule has 1 atom stereocenters. The molecule has 3 N–H and O–H groups in total. The van der Waals surface area contributed by atoms with Crippen molar-refractivity contribution in [3.05, 3.63) is 36.4 Å². The average Bonchev–Trinajstić information content (AvgIpc) is 2.39. The van der Waals surface area contributed by atoms with E-state index in [2.05, 4.69) is 11.5 Å². The number of aliphatic hydroxyl groups excluding tert-OH is 1. The van der Waals surface area contributed by atoms with Gasteiger partial charge in [0.05, 0.1) is 18.3 Å². The van der Waals surface area contributed by atoms with Crippen LogP contribution >= 0.6 is 0 Å². The molecule has 0 aliphatic carbocycles. The Bertz CT molecular complexity index is 420. The minimum Gasteiger partial charge on any atom is -0.490 e. The molecule has 98 valence electrons. The van der Waals surface area contributed by atoms with Gasteiger partial charge in [-0.2, -0.15) is 0 Å². The second kappa shape index (κ2) is 5.89. The molecule has 1 aliphatic rings. The monoisotopic (exact) mass is 248 g/mol. The highest BCUT2D eigenvalue weighted by Gasteiger charge is 2.19. The number of fused-ring (bicyclic) bond motifs is 1. The molecule has 2 rings (SSSR count). The summed E-state index contributed by atoms with van der Waals surface area (Å²) in [5, 5.41) is 9.98. The Kier molecular flexibility index (Phi) is 4.23. The maximum Gasteiger partial charge on any atom is 0.142 e. The molecule has 0 aromatic heterocycles. The van der Waals surface area contributed by atoms with Gasteiger partial charge in [-0.15, -0.1) is 6.58 Å². The Labute approximate surface area is 108 Å². The first-order valence-electron chi connectivity index (χ1n) is 6.27. The van der Waals surface area contributed by atoms with Gasteiger partial charge < -0.3 is 20.5 Å². The average molecular weight is 248 g/mol. The van der Waals surface area contributed by atoms with Crippen LogP contribution in [-0.4, -0.2) is 31.3 Å². The van der Waals surface area contributed by atoms with E-state index in [0.29, 0.717) is 19.6 Å². The van der Waals surface area contributed by atoms with Gasteiger partial charge in [-0.05, 0) is 30.7 Å². The van der Waals surface area contributed by atoms with E-state index in [-0.39, 0.29) is 0 Å². The smallest absolute Gasteiger partial charge is 0.142 e. The molecule has 0 saturated heterocycles. The summed E-state index contributed by atoms with van der Waals surface area (Å²) in [7, 11) is 0. The van der Waals surface area contributed by atoms with Crippen molar-refractivity contribution in [3.8, 4) is 5.75 Å². The lowest BCUT2D eigenvalue weighted by Gasteiger charge is -2.31.